The largest absolute Gasteiger partial charge is 0.380 e. The molecule has 1 rings (SSSR count). The van der Waals surface area contributed by atoms with Gasteiger partial charge in [0, 0.05) is 37.3 Å². The van der Waals surface area contributed by atoms with E-state index in [1.165, 1.54) is 12.8 Å². The van der Waals surface area contributed by atoms with Crippen LogP contribution >= 0.6 is 0 Å². The highest BCUT2D eigenvalue weighted by molar-refractivity contribution is 4.98. The Morgan fingerprint density at radius 3 is 2.32 bits per heavy atom. The number of hydrogen-bond donors (Lipinski definition) is 1. The number of nitrogens with one attached hydrogen (secondary N) is 1. The first kappa shape index (κ1) is 16.9. The van der Waals surface area contributed by atoms with Gasteiger partial charge in [0.05, 0.1) is 6.61 Å². The number of rotatable bonds is 7. The van der Waals surface area contributed by atoms with Crippen molar-refractivity contribution in [3.8, 4) is 0 Å². The zero-order valence-corrected chi connectivity index (χ0v) is 13.8. The average Bonchev–Trinajstić information content (AvgIpc) is 2.43. The van der Waals surface area contributed by atoms with Crippen molar-refractivity contribution in [1.82, 2.24) is 10.2 Å². The standard InChI is InChI=1S/C16H34N2O/c1-7-16(8-2)12-18(14(6)11-19-9-3)15(10-17-16)13(4)5/h13-15,17H,7-12H2,1-6H3. The lowest BCUT2D eigenvalue weighted by atomic mass is 9.85. The quantitative estimate of drug-likeness (QED) is 0.770. The molecular weight excluding hydrogens is 236 g/mol. The van der Waals surface area contributed by atoms with Crippen LogP contribution in [0.5, 0.6) is 0 Å². The Hall–Kier alpha value is -0.120. The van der Waals surface area contributed by atoms with Crippen LogP contribution in [-0.4, -0.2) is 48.8 Å². The Balaban J connectivity index is 2.78. The summed E-state index contributed by atoms with van der Waals surface area (Å²) in [5, 5.41) is 3.82. The van der Waals surface area contributed by atoms with Crippen LogP contribution in [0.1, 0.15) is 54.4 Å². The van der Waals surface area contributed by atoms with Gasteiger partial charge in [-0.25, -0.2) is 0 Å². The van der Waals surface area contributed by atoms with Gasteiger partial charge < -0.3 is 10.1 Å². The molecule has 0 aromatic carbocycles. The highest BCUT2D eigenvalue weighted by Gasteiger charge is 2.39. The monoisotopic (exact) mass is 270 g/mol. The number of hydrogen-bond acceptors (Lipinski definition) is 3. The fourth-order valence-electron chi connectivity index (χ4n) is 3.17. The Morgan fingerprint density at radius 2 is 1.84 bits per heavy atom. The maximum atomic E-state index is 5.65. The molecule has 0 spiro atoms. The summed E-state index contributed by atoms with van der Waals surface area (Å²) in [6.07, 6.45) is 2.40. The topological polar surface area (TPSA) is 24.5 Å². The second-order valence-electron chi connectivity index (χ2n) is 6.36. The van der Waals surface area contributed by atoms with Crippen LogP contribution in [0, 0.1) is 5.92 Å². The van der Waals surface area contributed by atoms with Crippen molar-refractivity contribution in [2.24, 2.45) is 5.92 Å². The molecule has 0 aromatic heterocycles. The third kappa shape index (κ3) is 4.17. The van der Waals surface area contributed by atoms with E-state index in [1.807, 2.05) is 0 Å². The Morgan fingerprint density at radius 1 is 1.21 bits per heavy atom. The number of nitrogens with zero attached hydrogens (tertiary/aromatic N) is 1. The minimum atomic E-state index is 0.297. The molecule has 0 amide bonds. The van der Waals surface area contributed by atoms with Gasteiger partial charge in [-0.05, 0) is 32.6 Å². The fraction of sp³-hybridized carbons (Fsp3) is 1.00. The summed E-state index contributed by atoms with van der Waals surface area (Å²) in [6, 6.07) is 1.13. The maximum absolute atomic E-state index is 5.65. The van der Waals surface area contributed by atoms with Crippen molar-refractivity contribution in [2.75, 3.05) is 26.3 Å². The third-order valence-corrected chi connectivity index (χ3v) is 4.85. The zero-order valence-electron chi connectivity index (χ0n) is 13.8. The maximum Gasteiger partial charge on any atom is 0.0619 e. The lowest BCUT2D eigenvalue weighted by molar-refractivity contribution is -0.0108. The van der Waals surface area contributed by atoms with E-state index in [9.17, 15) is 0 Å². The Kier molecular flexibility index (Phi) is 6.78. The van der Waals surface area contributed by atoms with Gasteiger partial charge in [-0.2, -0.15) is 0 Å². The van der Waals surface area contributed by atoms with Crippen LogP contribution in [-0.2, 0) is 4.74 Å². The second-order valence-corrected chi connectivity index (χ2v) is 6.36. The second kappa shape index (κ2) is 7.61. The highest BCUT2D eigenvalue weighted by Crippen LogP contribution is 2.27. The minimum absolute atomic E-state index is 0.297. The summed E-state index contributed by atoms with van der Waals surface area (Å²) in [5.74, 6) is 0.684. The first-order chi connectivity index (χ1) is 8.99. The van der Waals surface area contributed by atoms with E-state index in [0.717, 1.165) is 26.3 Å². The van der Waals surface area contributed by atoms with E-state index in [0.29, 0.717) is 23.5 Å². The normalized spacial score (nSPS) is 25.7. The molecule has 1 aliphatic heterocycles. The molecule has 1 saturated heterocycles. The van der Waals surface area contributed by atoms with Crippen LogP contribution in [0.25, 0.3) is 0 Å². The van der Waals surface area contributed by atoms with Crippen molar-refractivity contribution in [1.29, 1.82) is 0 Å². The smallest absolute Gasteiger partial charge is 0.0619 e. The van der Waals surface area contributed by atoms with Crippen molar-refractivity contribution in [2.45, 2.75) is 72.0 Å². The van der Waals surface area contributed by atoms with E-state index in [2.05, 4.69) is 51.8 Å². The first-order valence-electron chi connectivity index (χ1n) is 8.08. The van der Waals surface area contributed by atoms with Gasteiger partial charge >= 0.3 is 0 Å². The Labute approximate surface area is 120 Å². The van der Waals surface area contributed by atoms with Crippen LogP contribution in [0.4, 0.5) is 0 Å². The van der Waals surface area contributed by atoms with Gasteiger partial charge in [0.25, 0.3) is 0 Å². The van der Waals surface area contributed by atoms with Gasteiger partial charge in [0.1, 0.15) is 0 Å². The summed E-state index contributed by atoms with van der Waals surface area (Å²) in [7, 11) is 0. The zero-order chi connectivity index (χ0) is 14.5. The predicted octanol–water partition coefficient (Wildman–Crippen LogP) is 2.90. The molecule has 0 saturated carbocycles. The van der Waals surface area contributed by atoms with Gasteiger partial charge in [-0.1, -0.05) is 27.7 Å². The molecule has 0 aromatic rings. The van der Waals surface area contributed by atoms with Crippen LogP contribution in [0.3, 0.4) is 0 Å². The molecule has 2 atom stereocenters. The van der Waals surface area contributed by atoms with Gasteiger partial charge in [0.2, 0.25) is 0 Å². The number of piperazine rings is 1. The van der Waals surface area contributed by atoms with E-state index >= 15 is 0 Å². The summed E-state index contributed by atoms with van der Waals surface area (Å²) in [4.78, 5) is 2.68. The van der Waals surface area contributed by atoms with Gasteiger partial charge in [-0.3, -0.25) is 4.90 Å². The molecule has 1 N–H and O–H groups in total. The van der Waals surface area contributed by atoms with Crippen LogP contribution in [0.15, 0.2) is 0 Å². The molecule has 114 valence electrons. The van der Waals surface area contributed by atoms with E-state index < -0.39 is 0 Å². The van der Waals surface area contributed by atoms with Crippen LogP contribution < -0.4 is 5.32 Å². The Bertz CT molecular complexity index is 251. The summed E-state index contributed by atoms with van der Waals surface area (Å²) in [6.45, 7) is 17.6. The SMILES string of the molecule is CCOCC(C)N1CC(CC)(CC)NCC1C(C)C. The third-order valence-electron chi connectivity index (χ3n) is 4.85. The van der Waals surface area contributed by atoms with E-state index in [-0.39, 0.29) is 0 Å². The molecule has 0 aliphatic carbocycles. The van der Waals surface area contributed by atoms with E-state index in [4.69, 9.17) is 4.74 Å². The van der Waals surface area contributed by atoms with Crippen molar-refractivity contribution in [3.63, 3.8) is 0 Å². The van der Waals surface area contributed by atoms with Crippen LogP contribution in [0.2, 0.25) is 0 Å². The molecule has 1 fully saturated rings. The predicted molar refractivity (Wildman–Crippen MR) is 82.6 cm³/mol. The molecule has 1 aliphatic rings. The molecule has 2 unspecified atom stereocenters. The molecule has 3 nitrogen and oxygen atoms in total. The summed E-state index contributed by atoms with van der Waals surface area (Å²) in [5.41, 5.74) is 0.297. The van der Waals surface area contributed by atoms with Gasteiger partial charge in [-0.15, -0.1) is 0 Å². The minimum Gasteiger partial charge on any atom is -0.380 e. The lowest BCUT2D eigenvalue weighted by Gasteiger charge is -2.51. The first-order valence-corrected chi connectivity index (χ1v) is 8.08. The molecule has 1 heterocycles. The highest BCUT2D eigenvalue weighted by atomic mass is 16.5. The van der Waals surface area contributed by atoms with Crippen molar-refractivity contribution >= 4 is 0 Å². The summed E-state index contributed by atoms with van der Waals surface area (Å²) < 4.78 is 5.65. The molecular formula is C16H34N2O. The number of ether oxygens (including phenoxy) is 1. The molecule has 3 heteroatoms. The molecule has 0 bridgehead atoms. The van der Waals surface area contributed by atoms with Gasteiger partial charge in [0.15, 0.2) is 0 Å². The molecule has 19 heavy (non-hydrogen) atoms. The summed E-state index contributed by atoms with van der Waals surface area (Å²) >= 11 is 0. The van der Waals surface area contributed by atoms with E-state index in [1.54, 1.807) is 0 Å². The van der Waals surface area contributed by atoms with Crippen molar-refractivity contribution in [3.05, 3.63) is 0 Å². The lowest BCUT2D eigenvalue weighted by Crippen LogP contribution is -2.67. The van der Waals surface area contributed by atoms with Crippen molar-refractivity contribution < 1.29 is 4.74 Å². The average molecular weight is 270 g/mol. The fourth-order valence-corrected chi connectivity index (χ4v) is 3.17. The molecule has 0 radical (unpaired) electrons.